The standard InChI is InChI=1S/C21H24N4O6/c1-12-18(21(26)31-17-11-23-8-6-14(17)7-9-23)19(20(25(29)30)13(2)22-12)15-4-3-5-16(10-15)24(27)28/h3-5,10,14,17,19,22H,6-9,11H2,1-2H3. The van der Waals surface area contributed by atoms with E-state index >= 15 is 0 Å². The highest BCUT2D eigenvalue weighted by Gasteiger charge is 2.43. The highest BCUT2D eigenvalue weighted by Crippen LogP contribution is 2.40. The number of dihydropyridines is 1. The van der Waals surface area contributed by atoms with Gasteiger partial charge in [-0.3, -0.25) is 25.1 Å². The zero-order valence-corrected chi connectivity index (χ0v) is 17.4. The van der Waals surface area contributed by atoms with E-state index < -0.39 is 21.7 Å². The number of piperidine rings is 3. The van der Waals surface area contributed by atoms with Crippen LogP contribution in [0, 0.1) is 26.1 Å². The summed E-state index contributed by atoms with van der Waals surface area (Å²) in [7, 11) is 0. The number of carbonyl (C=O) groups excluding carboxylic acids is 1. The van der Waals surface area contributed by atoms with Gasteiger partial charge in [0, 0.05) is 24.4 Å². The lowest BCUT2D eigenvalue weighted by molar-refractivity contribution is -0.431. The molecule has 0 aliphatic carbocycles. The molecule has 1 aromatic carbocycles. The van der Waals surface area contributed by atoms with Crippen LogP contribution in [0.5, 0.6) is 0 Å². The number of allylic oxidation sites excluding steroid dienone is 3. The largest absolute Gasteiger partial charge is 0.457 e. The van der Waals surface area contributed by atoms with E-state index in [9.17, 15) is 25.0 Å². The Bertz CT molecular complexity index is 1010. The summed E-state index contributed by atoms with van der Waals surface area (Å²) >= 11 is 0. The van der Waals surface area contributed by atoms with Crippen LogP contribution in [0.1, 0.15) is 38.2 Å². The van der Waals surface area contributed by atoms with Crippen molar-refractivity contribution in [2.45, 2.75) is 38.7 Å². The Kier molecular flexibility index (Phi) is 5.48. The number of hydrogen-bond donors (Lipinski definition) is 1. The Morgan fingerprint density at radius 3 is 2.42 bits per heavy atom. The van der Waals surface area contributed by atoms with Gasteiger partial charge in [0.25, 0.3) is 11.4 Å². The second-order valence-corrected chi connectivity index (χ2v) is 8.30. The number of nitrogens with one attached hydrogen (secondary N) is 1. The van der Waals surface area contributed by atoms with Crippen molar-refractivity contribution in [3.05, 3.63) is 72.7 Å². The number of hydrogen-bond acceptors (Lipinski definition) is 8. The average Bonchev–Trinajstić information content (AvgIpc) is 2.73. The third kappa shape index (κ3) is 3.90. The van der Waals surface area contributed by atoms with E-state index in [1.807, 2.05) is 0 Å². The lowest BCUT2D eigenvalue weighted by atomic mass is 9.83. The molecule has 1 N–H and O–H groups in total. The normalized spacial score (nSPS) is 27.7. The van der Waals surface area contributed by atoms with Crippen molar-refractivity contribution in [1.29, 1.82) is 0 Å². The van der Waals surface area contributed by atoms with E-state index in [1.165, 1.54) is 18.2 Å². The monoisotopic (exact) mass is 428 g/mol. The first-order valence-electron chi connectivity index (χ1n) is 10.3. The molecule has 3 fully saturated rings. The van der Waals surface area contributed by atoms with Crippen molar-refractivity contribution in [2.75, 3.05) is 19.6 Å². The number of benzene rings is 1. The van der Waals surface area contributed by atoms with Crippen LogP contribution in [-0.4, -0.2) is 46.5 Å². The fraction of sp³-hybridized carbons (Fsp3) is 0.476. The fourth-order valence-corrected chi connectivity index (χ4v) is 4.88. The SMILES string of the molecule is CC1=C(C(=O)OC2CN3CCC2CC3)C(c2cccc([N+](=O)[O-])c2)C([N+](=O)[O-])=C(C)N1. The molecule has 0 saturated carbocycles. The van der Waals surface area contributed by atoms with Crippen molar-refractivity contribution < 1.29 is 19.4 Å². The van der Waals surface area contributed by atoms with Gasteiger partial charge in [-0.25, -0.2) is 4.79 Å². The van der Waals surface area contributed by atoms with E-state index in [-0.39, 0.29) is 29.0 Å². The highest BCUT2D eigenvalue weighted by molar-refractivity contribution is 5.92. The Morgan fingerprint density at radius 1 is 1.13 bits per heavy atom. The van der Waals surface area contributed by atoms with E-state index in [4.69, 9.17) is 4.74 Å². The van der Waals surface area contributed by atoms with Crippen LogP contribution in [0.4, 0.5) is 5.69 Å². The lowest BCUT2D eigenvalue weighted by Gasteiger charge is -2.44. The molecule has 0 spiro atoms. The smallest absolute Gasteiger partial charge is 0.337 e. The maximum atomic E-state index is 13.3. The molecule has 1 aromatic rings. The van der Waals surface area contributed by atoms with Gasteiger partial charge in [0.05, 0.1) is 21.1 Å². The average molecular weight is 428 g/mol. The minimum atomic E-state index is -1.07. The number of nitro benzene ring substituents is 1. The van der Waals surface area contributed by atoms with Crippen molar-refractivity contribution >= 4 is 11.7 Å². The summed E-state index contributed by atoms with van der Waals surface area (Å²) in [5, 5.41) is 26.1. The molecule has 4 aliphatic rings. The molecule has 0 aromatic heterocycles. The summed E-state index contributed by atoms with van der Waals surface area (Å²) < 4.78 is 5.87. The molecule has 10 nitrogen and oxygen atoms in total. The number of ether oxygens (including phenoxy) is 1. The van der Waals surface area contributed by atoms with Gasteiger partial charge in [0.1, 0.15) is 12.0 Å². The third-order valence-corrected chi connectivity index (χ3v) is 6.41. The summed E-state index contributed by atoms with van der Waals surface area (Å²) in [6.07, 6.45) is 1.66. The summed E-state index contributed by atoms with van der Waals surface area (Å²) in [4.78, 5) is 37.7. The number of non-ortho nitro benzene ring substituents is 1. The van der Waals surface area contributed by atoms with E-state index in [0.29, 0.717) is 23.5 Å². The molecule has 10 heteroatoms. The van der Waals surface area contributed by atoms with Crippen molar-refractivity contribution in [2.24, 2.45) is 5.92 Å². The predicted molar refractivity (Wildman–Crippen MR) is 110 cm³/mol. The van der Waals surface area contributed by atoms with Crippen molar-refractivity contribution in [3.63, 3.8) is 0 Å². The first-order chi connectivity index (χ1) is 14.8. The van der Waals surface area contributed by atoms with Gasteiger partial charge >= 0.3 is 5.97 Å². The van der Waals surface area contributed by atoms with Gasteiger partial charge in [0.2, 0.25) is 0 Å². The molecule has 0 radical (unpaired) electrons. The van der Waals surface area contributed by atoms with E-state index in [2.05, 4.69) is 10.2 Å². The summed E-state index contributed by atoms with van der Waals surface area (Å²) in [6, 6.07) is 5.62. The Morgan fingerprint density at radius 2 is 1.84 bits per heavy atom. The van der Waals surface area contributed by atoms with Crippen LogP contribution >= 0.6 is 0 Å². The molecule has 2 bridgehead atoms. The molecular weight excluding hydrogens is 404 g/mol. The number of fused-ring (bicyclic) bond motifs is 3. The third-order valence-electron chi connectivity index (χ3n) is 6.41. The number of nitrogens with zero attached hydrogens (tertiary/aromatic N) is 3. The quantitative estimate of drug-likeness (QED) is 0.431. The minimum absolute atomic E-state index is 0.120. The van der Waals surface area contributed by atoms with Crippen molar-refractivity contribution in [3.8, 4) is 0 Å². The maximum Gasteiger partial charge on any atom is 0.337 e. The van der Waals surface area contributed by atoms with Gasteiger partial charge in [-0.15, -0.1) is 0 Å². The van der Waals surface area contributed by atoms with Crippen LogP contribution in [0.3, 0.4) is 0 Å². The highest BCUT2D eigenvalue weighted by atomic mass is 16.6. The van der Waals surface area contributed by atoms with Crippen LogP contribution in [0.25, 0.3) is 0 Å². The summed E-state index contributed by atoms with van der Waals surface area (Å²) in [5.41, 5.74) is 0.756. The maximum absolute atomic E-state index is 13.3. The second-order valence-electron chi connectivity index (χ2n) is 8.30. The van der Waals surface area contributed by atoms with Gasteiger partial charge in [0.15, 0.2) is 0 Å². The topological polar surface area (TPSA) is 128 Å². The van der Waals surface area contributed by atoms with Gasteiger partial charge in [-0.05, 0) is 51.3 Å². The zero-order chi connectivity index (χ0) is 22.3. The van der Waals surface area contributed by atoms with Crippen LogP contribution in [0.2, 0.25) is 0 Å². The van der Waals surface area contributed by atoms with Crippen molar-refractivity contribution in [1.82, 2.24) is 10.2 Å². The molecule has 2 unspecified atom stereocenters. The van der Waals surface area contributed by atoms with Crippen LogP contribution in [0.15, 0.2) is 46.9 Å². The molecule has 164 valence electrons. The molecule has 0 amide bonds. The molecule has 3 saturated heterocycles. The molecule has 31 heavy (non-hydrogen) atoms. The van der Waals surface area contributed by atoms with Crippen LogP contribution in [-0.2, 0) is 9.53 Å². The predicted octanol–water partition coefficient (Wildman–Crippen LogP) is 2.70. The molecule has 5 rings (SSSR count). The Balaban J connectivity index is 1.72. The minimum Gasteiger partial charge on any atom is -0.457 e. The lowest BCUT2D eigenvalue weighted by Crippen LogP contribution is -2.52. The molecule has 2 atom stereocenters. The summed E-state index contributed by atoms with van der Waals surface area (Å²) in [6.45, 7) is 5.87. The molecule has 4 aliphatic heterocycles. The van der Waals surface area contributed by atoms with Crippen LogP contribution < -0.4 is 5.32 Å². The summed E-state index contributed by atoms with van der Waals surface area (Å²) in [5.74, 6) is -1.40. The fourth-order valence-electron chi connectivity index (χ4n) is 4.88. The zero-order valence-electron chi connectivity index (χ0n) is 17.4. The number of carbonyl (C=O) groups is 1. The van der Waals surface area contributed by atoms with E-state index in [1.54, 1.807) is 19.9 Å². The second kappa shape index (κ2) is 8.10. The first kappa shape index (κ1) is 21.0. The van der Waals surface area contributed by atoms with Gasteiger partial charge in [-0.1, -0.05) is 12.1 Å². The van der Waals surface area contributed by atoms with Gasteiger partial charge in [-0.2, -0.15) is 0 Å². The molecular formula is C21H24N4O6. The Labute approximate surface area is 178 Å². The Hall–Kier alpha value is -3.27. The van der Waals surface area contributed by atoms with E-state index in [0.717, 1.165) is 25.9 Å². The number of esters is 1. The van der Waals surface area contributed by atoms with Gasteiger partial charge < -0.3 is 10.1 Å². The number of nitro groups is 2. The molecule has 4 heterocycles. The first-order valence-corrected chi connectivity index (χ1v) is 10.3. The number of rotatable bonds is 5.